The summed E-state index contributed by atoms with van der Waals surface area (Å²) < 4.78 is 56.6. The maximum absolute atomic E-state index is 15.6. The average molecular weight is 611 g/mol. The van der Waals surface area contributed by atoms with Gasteiger partial charge in [-0.15, -0.1) is 0 Å². The average Bonchev–Trinajstić information content (AvgIpc) is 3.90. The van der Waals surface area contributed by atoms with Crippen molar-refractivity contribution < 1.29 is 22.4 Å². The first kappa shape index (κ1) is 29.0. The molecule has 222 valence electrons. The molecule has 2 saturated carbocycles. The van der Waals surface area contributed by atoms with Gasteiger partial charge in [0.1, 0.15) is 5.02 Å². The van der Waals surface area contributed by atoms with Crippen LogP contribution in [0.3, 0.4) is 0 Å². The smallest absolute Gasteiger partial charge is 0.323 e. The molecule has 4 aromatic rings. The fourth-order valence-electron chi connectivity index (χ4n) is 5.44. The highest BCUT2D eigenvalue weighted by molar-refractivity contribution is 6.31. The minimum Gasteiger partial charge on any atom is -0.323 e. The van der Waals surface area contributed by atoms with Gasteiger partial charge in [-0.1, -0.05) is 24.6 Å². The zero-order valence-electron chi connectivity index (χ0n) is 23.5. The van der Waals surface area contributed by atoms with E-state index in [4.69, 9.17) is 11.6 Å². The molecule has 11 heteroatoms. The number of carbonyl (C=O) groups is 1. The largest absolute Gasteiger partial charge is 0.417 e. The Balaban J connectivity index is 1.33. The molecule has 1 amide bonds. The fraction of sp³-hybridized carbons (Fsp3) is 0.312. The summed E-state index contributed by atoms with van der Waals surface area (Å²) in [6.45, 7) is 5.33. The molecule has 0 radical (unpaired) electrons. The molecule has 1 N–H and O–H groups in total. The number of anilines is 1. The molecule has 1 unspecified atom stereocenters. The Bertz CT molecular complexity index is 1850. The van der Waals surface area contributed by atoms with E-state index in [0.717, 1.165) is 25.1 Å². The Morgan fingerprint density at radius 3 is 2.53 bits per heavy atom. The van der Waals surface area contributed by atoms with Gasteiger partial charge < -0.3 is 5.32 Å². The van der Waals surface area contributed by atoms with Crippen LogP contribution in [-0.2, 0) is 11.0 Å². The van der Waals surface area contributed by atoms with Crippen molar-refractivity contribution >= 4 is 23.2 Å². The molecular formula is C32H27ClF4N4O2. The number of halogens is 5. The van der Waals surface area contributed by atoms with Crippen molar-refractivity contribution in [3.8, 4) is 16.9 Å². The molecule has 0 aliphatic heterocycles. The quantitative estimate of drug-likeness (QED) is 0.227. The molecule has 1 aromatic carbocycles. The lowest BCUT2D eigenvalue weighted by Crippen LogP contribution is -2.23. The highest BCUT2D eigenvalue weighted by atomic mass is 35.5. The van der Waals surface area contributed by atoms with Gasteiger partial charge in [0, 0.05) is 35.3 Å². The molecule has 2 aliphatic rings. The molecule has 0 saturated heterocycles. The molecule has 2 aliphatic carbocycles. The Morgan fingerprint density at radius 1 is 1.09 bits per heavy atom. The summed E-state index contributed by atoms with van der Waals surface area (Å²) in [6.07, 6.45) is 1.27. The van der Waals surface area contributed by atoms with E-state index in [0.29, 0.717) is 34.5 Å². The minimum absolute atomic E-state index is 0.0275. The van der Waals surface area contributed by atoms with Gasteiger partial charge in [-0.05, 0) is 92.0 Å². The number of amides is 1. The summed E-state index contributed by atoms with van der Waals surface area (Å²) in [4.78, 5) is 34.3. The summed E-state index contributed by atoms with van der Waals surface area (Å²) in [5.74, 6) is -1.34. The van der Waals surface area contributed by atoms with E-state index in [9.17, 15) is 22.8 Å². The van der Waals surface area contributed by atoms with Crippen LogP contribution in [0.5, 0.6) is 0 Å². The first-order chi connectivity index (χ1) is 20.3. The normalized spacial score (nSPS) is 18.8. The van der Waals surface area contributed by atoms with Crippen molar-refractivity contribution in [1.82, 2.24) is 14.5 Å². The first-order valence-corrected chi connectivity index (χ1v) is 14.2. The monoisotopic (exact) mass is 610 g/mol. The summed E-state index contributed by atoms with van der Waals surface area (Å²) in [6, 6.07) is 9.12. The van der Waals surface area contributed by atoms with Gasteiger partial charge in [-0.3, -0.25) is 24.1 Å². The minimum atomic E-state index is -4.50. The van der Waals surface area contributed by atoms with Crippen LogP contribution in [-0.4, -0.2) is 20.4 Å². The van der Waals surface area contributed by atoms with Crippen LogP contribution in [0.15, 0.2) is 59.8 Å². The number of carbonyl (C=O) groups excluding carboxylic acids is 1. The van der Waals surface area contributed by atoms with Crippen molar-refractivity contribution in [2.45, 2.75) is 58.0 Å². The van der Waals surface area contributed by atoms with Crippen LogP contribution in [0.1, 0.15) is 66.0 Å². The van der Waals surface area contributed by atoms with Gasteiger partial charge in [-0.25, -0.2) is 4.39 Å². The number of rotatable bonds is 6. The second-order valence-corrected chi connectivity index (χ2v) is 12.1. The number of hydrogen-bond acceptors (Lipinski definition) is 4. The van der Waals surface area contributed by atoms with Gasteiger partial charge in [-0.2, -0.15) is 13.2 Å². The van der Waals surface area contributed by atoms with Crippen molar-refractivity contribution in [1.29, 1.82) is 0 Å². The third kappa shape index (κ3) is 5.33. The van der Waals surface area contributed by atoms with E-state index in [-0.39, 0.29) is 39.7 Å². The zero-order chi connectivity index (χ0) is 30.8. The Hall–Kier alpha value is -4.05. The van der Waals surface area contributed by atoms with Gasteiger partial charge in [0.15, 0.2) is 5.82 Å². The second-order valence-electron chi connectivity index (χ2n) is 11.7. The van der Waals surface area contributed by atoms with Crippen molar-refractivity contribution in [3.05, 3.63) is 104 Å². The molecule has 6 nitrogen and oxygen atoms in total. The Labute approximate surface area is 249 Å². The number of aromatic nitrogens is 3. The number of hydrogen-bond donors (Lipinski definition) is 1. The molecule has 43 heavy (non-hydrogen) atoms. The summed E-state index contributed by atoms with van der Waals surface area (Å²) in [7, 11) is 0. The van der Waals surface area contributed by atoms with Crippen LogP contribution in [0.4, 0.5) is 23.2 Å². The molecule has 3 aromatic heterocycles. The Kier molecular flexibility index (Phi) is 6.95. The van der Waals surface area contributed by atoms with E-state index in [1.165, 1.54) is 23.0 Å². The van der Waals surface area contributed by atoms with E-state index < -0.39 is 28.5 Å². The highest BCUT2D eigenvalue weighted by Crippen LogP contribution is 2.56. The molecule has 0 spiro atoms. The lowest BCUT2D eigenvalue weighted by molar-refractivity contribution is -0.137. The van der Waals surface area contributed by atoms with E-state index in [1.54, 1.807) is 38.1 Å². The maximum atomic E-state index is 15.6. The zero-order valence-corrected chi connectivity index (χ0v) is 24.3. The molecule has 2 atom stereocenters. The lowest BCUT2D eigenvalue weighted by Gasteiger charge is -2.17. The van der Waals surface area contributed by atoms with Crippen molar-refractivity contribution in [2.24, 2.45) is 5.41 Å². The van der Waals surface area contributed by atoms with Gasteiger partial charge >= 0.3 is 6.18 Å². The van der Waals surface area contributed by atoms with Gasteiger partial charge in [0.25, 0.3) is 5.56 Å². The molecule has 3 heterocycles. The van der Waals surface area contributed by atoms with Crippen LogP contribution in [0.25, 0.3) is 16.9 Å². The second kappa shape index (κ2) is 10.3. The van der Waals surface area contributed by atoms with E-state index >= 15 is 4.39 Å². The van der Waals surface area contributed by atoms with Crippen molar-refractivity contribution in [2.75, 3.05) is 5.32 Å². The summed E-state index contributed by atoms with van der Waals surface area (Å²) >= 11 is 6.61. The molecule has 2 fully saturated rings. The van der Waals surface area contributed by atoms with Gasteiger partial charge in [0.05, 0.1) is 22.6 Å². The number of benzene rings is 1. The fourth-order valence-corrected chi connectivity index (χ4v) is 5.72. The topological polar surface area (TPSA) is 76.9 Å². The predicted molar refractivity (Wildman–Crippen MR) is 155 cm³/mol. The third-order valence-electron chi connectivity index (χ3n) is 8.45. The number of nitrogens with zero attached hydrogens (tertiary/aromatic N) is 3. The number of nitrogens with one attached hydrogen (secondary N) is 1. The van der Waals surface area contributed by atoms with Crippen LogP contribution in [0, 0.1) is 25.1 Å². The number of pyridine rings is 3. The summed E-state index contributed by atoms with van der Waals surface area (Å²) in [5, 5.41) is 2.65. The van der Waals surface area contributed by atoms with Crippen molar-refractivity contribution in [3.63, 3.8) is 0 Å². The number of alkyl halides is 3. The SMILES string of the molecule is Cc1cnc(-c2cccc(NC(=O)C3(C)CC3)c2F)cc1-n1c(C)cc([C@@H]2CC2c2cncc(C(F)(F)F)c2)c(Cl)c1=O. The predicted octanol–water partition coefficient (Wildman–Crippen LogP) is 7.73. The van der Waals surface area contributed by atoms with Crippen LogP contribution < -0.4 is 10.9 Å². The summed E-state index contributed by atoms with van der Waals surface area (Å²) in [5.41, 5.74) is 1.33. The highest BCUT2D eigenvalue weighted by Gasteiger charge is 2.45. The molecule has 6 rings (SSSR count). The molecular weight excluding hydrogens is 584 g/mol. The Morgan fingerprint density at radius 2 is 1.84 bits per heavy atom. The van der Waals surface area contributed by atoms with E-state index in [2.05, 4.69) is 15.3 Å². The van der Waals surface area contributed by atoms with E-state index in [1.807, 2.05) is 6.92 Å². The third-order valence-corrected chi connectivity index (χ3v) is 8.83. The maximum Gasteiger partial charge on any atom is 0.417 e. The van der Waals surface area contributed by atoms with Gasteiger partial charge in [0.2, 0.25) is 5.91 Å². The standard InChI is InChI=1S/C32H27ClF4N4O2/c1-16-13-39-25(20-5-4-6-24(28(20)34)40-30(43)31(3)7-8-31)12-26(16)41-17(2)9-23(27(33)29(41)42)22-11-21(22)18-10-19(15-38-14-18)32(35,36)37/h4-6,9-10,12-15,21-22H,7-8,11H2,1-3H3,(H,40,43)/t21?,22-/m1/s1. The number of aryl methyl sites for hydroxylation is 2. The molecule has 0 bridgehead atoms. The van der Waals surface area contributed by atoms with Crippen LogP contribution in [0.2, 0.25) is 5.02 Å². The first-order valence-electron chi connectivity index (χ1n) is 13.8. The lowest BCUT2D eigenvalue weighted by atomic mass is 10.0. The van der Waals surface area contributed by atoms with Crippen LogP contribution >= 0.6 is 11.6 Å².